The second-order valence-corrected chi connectivity index (χ2v) is 7.23. The van der Waals surface area contributed by atoms with Gasteiger partial charge in [-0.1, -0.05) is 36.1 Å². The molecule has 1 saturated heterocycles. The molecule has 6 nitrogen and oxygen atoms in total. The summed E-state index contributed by atoms with van der Waals surface area (Å²) in [5.41, 5.74) is 5.32. The number of nitrogens with zero attached hydrogens (tertiary/aromatic N) is 1. The van der Waals surface area contributed by atoms with Crippen molar-refractivity contribution in [1.29, 1.82) is 0 Å². The summed E-state index contributed by atoms with van der Waals surface area (Å²) in [6.45, 7) is 0. The third kappa shape index (κ3) is 3.81. The number of rotatable bonds is 3. The van der Waals surface area contributed by atoms with Gasteiger partial charge in [-0.25, -0.2) is 4.79 Å². The molecule has 31 heavy (non-hydrogen) atoms. The predicted octanol–water partition coefficient (Wildman–Crippen LogP) is 4.49. The van der Waals surface area contributed by atoms with Crippen LogP contribution in [0.5, 0.6) is 5.75 Å². The van der Waals surface area contributed by atoms with E-state index < -0.39 is 12.2 Å². The fourth-order valence-corrected chi connectivity index (χ4v) is 3.71. The van der Waals surface area contributed by atoms with Crippen molar-refractivity contribution in [1.82, 2.24) is 15.3 Å². The molecule has 1 aliphatic heterocycles. The lowest BCUT2D eigenvalue weighted by Gasteiger charge is -2.18. The maximum absolute atomic E-state index is 12.0. The molecule has 0 aliphatic carbocycles. The van der Waals surface area contributed by atoms with E-state index in [1.165, 1.54) is 0 Å². The maximum Gasteiger partial charge on any atom is 0.408 e. The summed E-state index contributed by atoms with van der Waals surface area (Å²) >= 11 is 0. The molecule has 2 atom stereocenters. The summed E-state index contributed by atoms with van der Waals surface area (Å²) in [6, 6.07) is 18.9. The molecular weight excluding hydrogens is 390 g/mol. The number of pyridine rings is 1. The number of amides is 1. The number of nitrogens with one attached hydrogen (secondary N) is 2. The third-order valence-electron chi connectivity index (χ3n) is 5.23. The summed E-state index contributed by atoms with van der Waals surface area (Å²) < 4.78 is 10.9. The van der Waals surface area contributed by atoms with E-state index in [1.54, 1.807) is 13.3 Å². The first-order valence-corrected chi connectivity index (χ1v) is 9.86. The summed E-state index contributed by atoms with van der Waals surface area (Å²) in [7, 11) is 1.61. The van der Waals surface area contributed by atoms with Gasteiger partial charge >= 0.3 is 6.09 Å². The van der Waals surface area contributed by atoms with Gasteiger partial charge in [0.2, 0.25) is 0 Å². The molecule has 2 N–H and O–H groups in total. The Labute approximate surface area is 179 Å². The molecule has 6 heteroatoms. The molecule has 1 amide bonds. The molecular formula is C25H19N3O3. The fourth-order valence-electron chi connectivity index (χ4n) is 3.71. The highest BCUT2D eigenvalue weighted by molar-refractivity contribution is 5.76. The highest BCUT2D eigenvalue weighted by atomic mass is 16.6. The van der Waals surface area contributed by atoms with Crippen LogP contribution in [0.4, 0.5) is 4.79 Å². The zero-order valence-corrected chi connectivity index (χ0v) is 16.8. The number of benzene rings is 2. The number of carbonyl (C=O) groups excluding carboxylic acids is 1. The van der Waals surface area contributed by atoms with Gasteiger partial charge < -0.3 is 19.8 Å². The van der Waals surface area contributed by atoms with Gasteiger partial charge in [0.1, 0.15) is 5.75 Å². The van der Waals surface area contributed by atoms with Crippen LogP contribution < -0.4 is 10.1 Å². The third-order valence-corrected chi connectivity index (χ3v) is 5.23. The first kappa shape index (κ1) is 18.8. The molecule has 1 fully saturated rings. The number of cyclic esters (lactones) is 1. The Morgan fingerprint density at radius 3 is 2.74 bits per heavy atom. The van der Waals surface area contributed by atoms with Crippen molar-refractivity contribution < 1.29 is 14.3 Å². The van der Waals surface area contributed by atoms with Crippen molar-refractivity contribution >= 4 is 17.1 Å². The quantitative estimate of drug-likeness (QED) is 0.489. The first-order valence-electron chi connectivity index (χ1n) is 9.86. The van der Waals surface area contributed by atoms with Crippen LogP contribution in [0.1, 0.15) is 34.4 Å². The van der Waals surface area contributed by atoms with Gasteiger partial charge in [-0.2, -0.15) is 0 Å². The number of hydrogen-bond donors (Lipinski definition) is 2. The second kappa shape index (κ2) is 7.88. The van der Waals surface area contributed by atoms with Crippen LogP contribution in [0, 0.1) is 11.8 Å². The molecule has 0 saturated carbocycles. The topological polar surface area (TPSA) is 76.2 Å². The van der Waals surface area contributed by atoms with E-state index in [0.717, 1.165) is 33.3 Å². The molecule has 4 aromatic rings. The second-order valence-electron chi connectivity index (χ2n) is 7.23. The summed E-state index contributed by atoms with van der Waals surface area (Å²) in [4.78, 5) is 19.6. The van der Waals surface area contributed by atoms with E-state index in [4.69, 9.17) is 9.47 Å². The highest BCUT2D eigenvalue weighted by Crippen LogP contribution is 2.37. The molecule has 0 bridgehead atoms. The zero-order chi connectivity index (χ0) is 21.2. The monoisotopic (exact) mass is 409 g/mol. The lowest BCUT2D eigenvalue weighted by molar-refractivity contribution is 0.132. The average Bonchev–Trinajstić information content (AvgIpc) is 3.44. The molecule has 5 rings (SSSR count). The van der Waals surface area contributed by atoms with E-state index in [-0.39, 0.29) is 6.04 Å². The zero-order valence-electron chi connectivity index (χ0n) is 16.8. The van der Waals surface area contributed by atoms with Crippen molar-refractivity contribution in [2.45, 2.75) is 12.1 Å². The van der Waals surface area contributed by atoms with Crippen molar-refractivity contribution in [3.63, 3.8) is 0 Å². The Hall–Kier alpha value is -4.24. The standard InChI is InChI=1S/C25H19N3O3/c1-30-20-7-3-6-19(14-20)24-23(28-25(29)31-24)18-5-2-4-16(12-18)8-9-17-13-22-21(27-15-17)10-11-26-22/h2-7,10-15,23-24,26H,1H3,(H,28,29)/t23-,24-/m1/s1. The molecule has 3 heterocycles. The van der Waals surface area contributed by atoms with Crippen LogP contribution in [0.2, 0.25) is 0 Å². The fraction of sp³-hybridized carbons (Fsp3) is 0.120. The van der Waals surface area contributed by atoms with Gasteiger partial charge in [-0.05, 0) is 47.5 Å². The van der Waals surface area contributed by atoms with Gasteiger partial charge in [0.15, 0.2) is 6.10 Å². The first-order chi connectivity index (χ1) is 15.2. The van der Waals surface area contributed by atoms with Crippen LogP contribution in [0.3, 0.4) is 0 Å². The Morgan fingerprint density at radius 1 is 1.00 bits per heavy atom. The Balaban J connectivity index is 1.44. The smallest absolute Gasteiger partial charge is 0.408 e. The average molecular weight is 409 g/mol. The minimum absolute atomic E-state index is 0.321. The number of hydrogen-bond acceptors (Lipinski definition) is 4. The number of carbonyl (C=O) groups is 1. The molecule has 0 radical (unpaired) electrons. The van der Waals surface area contributed by atoms with Crippen LogP contribution in [-0.2, 0) is 4.74 Å². The van der Waals surface area contributed by atoms with Crippen LogP contribution in [0.15, 0.2) is 73.1 Å². The Morgan fingerprint density at radius 2 is 1.84 bits per heavy atom. The number of alkyl carbamates (subject to hydrolysis) is 1. The van der Waals surface area contributed by atoms with Crippen molar-refractivity contribution in [3.05, 3.63) is 95.3 Å². The highest BCUT2D eigenvalue weighted by Gasteiger charge is 2.36. The maximum atomic E-state index is 12.0. The lowest BCUT2D eigenvalue weighted by Crippen LogP contribution is -2.19. The summed E-state index contributed by atoms with van der Waals surface area (Å²) in [5, 5.41) is 2.91. The lowest BCUT2D eigenvalue weighted by atomic mass is 9.95. The van der Waals surface area contributed by atoms with Gasteiger partial charge in [0.25, 0.3) is 0 Å². The van der Waals surface area contributed by atoms with Gasteiger partial charge in [0, 0.05) is 23.5 Å². The van der Waals surface area contributed by atoms with E-state index in [0.29, 0.717) is 5.75 Å². The number of ether oxygens (including phenoxy) is 2. The number of aromatic nitrogens is 2. The van der Waals surface area contributed by atoms with E-state index in [9.17, 15) is 4.79 Å². The number of fused-ring (bicyclic) bond motifs is 1. The number of aromatic amines is 1. The van der Waals surface area contributed by atoms with Crippen molar-refractivity contribution in [2.75, 3.05) is 7.11 Å². The van der Waals surface area contributed by atoms with Crippen molar-refractivity contribution in [3.8, 4) is 17.6 Å². The normalized spacial score (nSPS) is 17.5. The number of H-pyrrole nitrogens is 1. The summed E-state index contributed by atoms with van der Waals surface area (Å²) in [6.07, 6.45) is 2.72. The van der Waals surface area contributed by atoms with Gasteiger partial charge in [0.05, 0.1) is 24.2 Å². The molecule has 0 unspecified atom stereocenters. The molecule has 152 valence electrons. The Kier molecular flexibility index (Phi) is 4.77. The molecule has 0 spiro atoms. The van der Waals surface area contributed by atoms with Gasteiger partial charge in [-0.15, -0.1) is 0 Å². The predicted molar refractivity (Wildman–Crippen MR) is 117 cm³/mol. The SMILES string of the molecule is COc1cccc([C@H]2OC(=O)N[C@@H]2c2cccc(C#Cc3cnc4cc[nH]c4c3)c2)c1. The largest absolute Gasteiger partial charge is 0.497 e. The van der Waals surface area contributed by atoms with Crippen LogP contribution in [0.25, 0.3) is 11.0 Å². The summed E-state index contributed by atoms with van der Waals surface area (Å²) in [5.74, 6) is 7.06. The minimum atomic E-state index is -0.453. The van der Waals surface area contributed by atoms with Crippen LogP contribution in [-0.4, -0.2) is 23.2 Å². The van der Waals surface area contributed by atoms with Gasteiger partial charge in [-0.3, -0.25) is 4.98 Å². The van der Waals surface area contributed by atoms with E-state index >= 15 is 0 Å². The van der Waals surface area contributed by atoms with Crippen molar-refractivity contribution in [2.24, 2.45) is 0 Å². The van der Waals surface area contributed by atoms with Crippen LogP contribution >= 0.6 is 0 Å². The molecule has 1 aliphatic rings. The van der Waals surface area contributed by atoms with E-state index in [2.05, 4.69) is 27.1 Å². The number of methoxy groups -OCH3 is 1. The molecule has 2 aromatic heterocycles. The Bertz CT molecular complexity index is 1330. The van der Waals surface area contributed by atoms with E-state index in [1.807, 2.05) is 66.9 Å². The minimum Gasteiger partial charge on any atom is -0.497 e. The molecule has 2 aromatic carbocycles.